The maximum absolute atomic E-state index is 11.8. The van der Waals surface area contributed by atoms with Crippen molar-refractivity contribution in [1.29, 1.82) is 0 Å². The van der Waals surface area contributed by atoms with Gasteiger partial charge in [-0.05, 0) is 38.8 Å². The zero-order valence-electron chi connectivity index (χ0n) is 11.5. The molecule has 110 valence electrons. The number of aromatic nitrogens is 2. The molecule has 0 saturated carbocycles. The van der Waals surface area contributed by atoms with Crippen LogP contribution in [0.1, 0.15) is 43.5 Å². The van der Waals surface area contributed by atoms with Gasteiger partial charge in [0.05, 0.1) is 13.1 Å². The lowest BCUT2D eigenvalue weighted by atomic mass is 10.2. The average Bonchev–Trinajstić information content (AvgIpc) is 3.18. The minimum absolute atomic E-state index is 0.00960. The van der Waals surface area contributed by atoms with Crippen LogP contribution in [0.2, 0.25) is 0 Å². The number of hydrogen-bond donors (Lipinski definition) is 1. The standard InChI is InChI=1S/C13H20N4O3/c18-12(9-17-5-1-2-6-17)14-8-11-15-13(20-16-11)10-4-3-7-19-10/h10H,1-9H2,(H,14,18)/t10-/m0/s1. The molecule has 1 aromatic heterocycles. The van der Waals surface area contributed by atoms with Crippen LogP contribution in [0.25, 0.3) is 0 Å². The van der Waals surface area contributed by atoms with Gasteiger partial charge in [-0.1, -0.05) is 5.16 Å². The number of nitrogens with zero attached hydrogens (tertiary/aromatic N) is 3. The highest BCUT2D eigenvalue weighted by Crippen LogP contribution is 2.26. The number of amides is 1. The molecule has 2 fully saturated rings. The van der Waals surface area contributed by atoms with E-state index in [0.717, 1.165) is 32.5 Å². The highest BCUT2D eigenvalue weighted by atomic mass is 16.5. The zero-order valence-corrected chi connectivity index (χ0v) is 11.5. The summed E-state index contributed by atoms with van der Waals surface area (Å²) in [7, 11) is 0. The van der Waals surface area contributed by atoms with E-state index < -0.39 is 0 Å². The number of likely N-dealkylation sites (tertiary alicyclic amines) is 1. The Labute approximate surface area is 117 Å². The van der Waals surface area contributed by atoms with Gasteiger partial charge in [0.15, 0.2) is 5.82 Å². The quantitative estimate of drug-likeness (QED) is 0.852. The van der Waals surface area contributed by atoms with Crippen molar-refractivity contribution in [3.63, 3.8) is 0 Å². The Hall–Kier alpha value is -1.47. The van der Waals surface area contributed by atoms with Gasteiger partial charge in [0.25, 0.3) is 5.89 Å². The first-order valence-electron chi connectivity index (χ1n) is 7.24. The Bertz CT molecular complexity index is 450. The molecule has 7 nitrogen and oxygen atoms in total. The van der Waals surface area contributed by atoms with Crippen LogP contribution in [0.3, 0.4) is 0 Å². The van der Waals surface area contributed by atoms with Crippen molar-refractivity contribution in [2.75, 3.05) is 26.2 Å². The van der Waals surface area contributed by atoms with Crippen molar-refractivity contribution < 1.29 is 14.1 Å². The van der Waals surface area contributed by atoms with Gasteiger partial charge in [-0.3, -0.25) is 9.69 Å². The maximum atomic E-state index is 11.8. The SMILES string of the molecule is O=C(CN1CCCC1)NCc1noc([C@@H]2CCCO2)n1. The summed E-state index contributed by atoms with van der Waals surface area (Å²) in [4.78, 5) is 18.2. The molecule has 3 heterocycles. The summed E-state index contributed by atoms with van der Waals surface area (Å²) in [6.45, 7) is 3.53. The molecule has 0 unspecified atom stereocenters. The molecule has 1 N–H and O–H groups in total. The van der Waals surface area contributed by atoms with Gasteiger partial charge >= 0.3 is 0 Å². The Morgan fingerprint density at radius 3 is 2.95 bits per heavy atom. The predicted molar refractivity (Wildman–Crippen MR) is 69.7 cm³/mol. The van der Waals surface area contributed by atoms with E-state index in [9.17, 15) is 4.79 Å². The molecule has 1 aromatic rings. The summed E-state index contributed by atoms with van der Waals surface area (Å²) < 4.78 is 10.6. The van der Waals surface area contributed by atoms with Gasteiger partial charge < -0.3 is 14.6 Å². The lowest BCUT2D eigenvalue weighted by Gasteiger charge is -2.13. The minimum atomic E-state index is -0.0726. The third kappa shape index (κ3) is 3.34. The van der Waals surface area contributed by atoms with Crippen LogP contribution in [-0.4, -0.2) is 47.2 Å². The first kappa shape index (κ1) is 13.5. The van der Waals surface area contributed by atoms with Gasteiger partial charge in [-0.2, -0.15) is 4.98 Å². The largest absolute Gasteiger partial charge is 0.368 e. The van der Waals surface area contributed by atoms with Crippen LogP contribution in [-0.2, 0) is 16.1 Å². The number of carbonyl (C=O) groups is 1. The summed E-state index contributed by atoms with van der Waals surface area (Å²) >= 11 is 0. The van der Waals surface area contributed by atoms with E-state index in [1.54, 1.807) is 0 Å². The van der Waals surface area contributed by atoms with Crippen LogP contribution < -0.4 is 5.32 Å². The van der Waals surface area contributed by atoms with Crippen molar-refractivity contribution in [1.82, 2.24) is 20.4 Å². The number of ether oxygens (including phenoxy) is 1. The summed E-state index contributed by atoms with van der Waals surface area (Å²) in [5.41, 5.74) is 0. The van der Waals surface area contributed by atoms with E-state index in [2.05, 4.69) is 20.4 Å². The molecule has 1 atom stereocenters. The lowest BCUT2D eigenvalue weighted by Crippen LogP contribution is -2.35. The zero-order chi connectivity index (χ0) is 13.8. The van der Waals surface area contributed by atoms with Crippen molar-refractivity contribution in [3.8, 4) is 0 Å². The smallest absolute Gasteiger partial charge is 0.255 e. The lowest BCUT2D eigenvalue weighted by molar-refractivity contribution is -0.122. The summed E-state index contributed by atoms with van der Waals surface area (Å²) in [6, 6.07) is 0. The molecule has 2 aliphatic heterocycles. The highest BCUT2D eigenvalue weighted by molar-refractivity contribution is 5.77. The minimum Gasteiger partial charge on any atom is -0.368 e. The summed E-state index contributed by atoms with van der Waals surface area (Å²) in [6.07, 6.45) is 4.24. The van der Waals surface area contributed by atoms with Gasteiger partial charge in [0.1, 0.15) is 6.10 Å². The van der Waals surface area contributed by atoms with Gasteiger partial charge in [-0.15, -0.1) is 0 Å². The molecular weight excluding hydrogens is 260 g/mol. The molecule has 7 heteroatoms. The molecular formula is C13H20N4O3. The maximum Gasteiger partial charge on any atom is 0.255 e. The molecule has 3 rings (SSSR count). The Morgan fingerprint density at radius 1 is 1.35 bits per heavy atom. The molecule has 2 aliphatic rings. The number of rotatable bonds is 5. The van der Waals surface area contributed by atoms with E-state index in [1.807, 2.05) is 0 Å². The average molecular weight is 280 g/mol. The van der Waals surface area contributed by atoms with Crippen molar-refractivity contribution in [3.05, 3.63) is 11.7 Å². The normalized spacial score (nSPS) is 23.3. The van der Waals surface area contributed by atoms with E-state index in [0.29, 0.717) is 24.8 Å². The third-order valence-corrected chi connectivity index (χ3v) is 3.70. The van der Waals surface area contributed by atoms with Crippen molar-refractivity contribution in [2.45, 2.75) is 38.3 Å². The molecule has 20 heavy (non-hydrogen) atoms. The fraction of sp³-hybridized carbons (Fsp3) is 0.769. The van der Waals surface area contributed by atoms with Crippen LogP contribution in [0.5, 0.6) is 0 Å². The van der Waals surface area contributed by atoms with E-state index >= 15 is 0 Å². The summed E-state index contributed by atoms with van der Waals surface area (Å²) in [5.74, 6) is 1.03. The van der Waals surface area contributed by atoms with E-state index in [-0.39, 0.29) is 12.0 Å². The molecule has 0 bridgehead atoms. The van der Waals surface area contributed by atoms with Crippen LogP contribution in [0.4, 0.5) is 0 Å². The second-order valence-corrected chi connectivity index (χ2v) is 5.31. The topological polar surface area (TPSA) is 80.5 Å². The second kappa shape index (κ2) is 6.32. The molecule has 2 saturated heterocycles. The number of hydrogen-bond acceptors (Lipinski definition) is 6. The van der Waals surface area contributed by atoms with Gasteiger partial charge in [-0.25, -0.2) is 0 Å². The van der Waals surface area contributed by atoms with Crippen molar-refractivity contribution >= 4 is 5.91 Å². The van der Waals surface area contributed by atoms with E-state index in [4.69, 9.17) is 9.26 Å². The summed E-state index contributed by atoms with van der Waals surface area (Å²) in [5, 5.41) is 6.69. The predicted octanol–water partition coefficient (Wildman–Crippen LogP) is 0.633. The van der Waals surface area contributed by atoms with Gasteiger partial charge in [0.2, 0.25) is 5.91 Å². The first-order chi connectivity index (χ1) is 9.81. The number of nitrogens with one attached hydrogen (secondary N) is 1. The third-order valence-electron chi connectivity index (χ3n) is 3.70. The van der Waals surface area contributed by atoms with Crippen LogP contribution in [0, 0.1) is 0 Å². The Morgan fingerprint density at radius 2 is 2.20 bits per heavy atom. The monoisotopic (exact) mass is 280 g/mol. The van der Waals surface area contributed by atoms with Crippen LogP contribution in [0.15, 0.2) is 4.52 Å². The second-order valence-electron chi connectivity index (χ2n) is 5.31. The van der Waals surface area contributed by atoms with Crippen LogP contribution >= 0.6 is 0 Å². The highest BCUT2D eigenvalue weighted by Gasteiger charge is 2.24. The van der Waals surface area contributed by atoms with Crippen molar-refractivity contribution in [2.24, 2.45) is 0 Å². The van der Waals surface area contributed by atoms with E-state index in [1.165, 1.54) is 12.8 Å². The van der Waals surface area contributed by atoms with Gasteiger partial charge in [0, 0.05) is 6.61 Å². The number of carbonyl (C=O) groups excluding carboxylic acids is 1. The Kier molecular flexibility index (Phi) is 4.27. The first-order valence-corrected chi connectivity index (χ1v) is 7.24. The fourth-order valence-electron chi connectivity index (χ4n) is 2.62. The molecule has 0 aliphatic carbocycles. The fourth-order valence-corrected chi connectivity index (χ4v) is 2.62. The molecule has 0 radical (unpaired) electrons. The Balaban J connectivity index is 1.44. The molecule has 0 aromatic carbocycles. The molecule has 1 amide bonds. The molecule has 0 spiro atoms.